The molecule has 18 heavy (non-hydrogen) atoms. The predicted molar refractivity (Wildman–Crippen MR) is 76.1 cm³/mol. The van der Waals surface area contributed by atoms with Crippen LogP contribution in [0, 0.1) is 13.8 Å². The van der Waals surface area contributed by atoms with Gasteiger partial charge in [0, 0.05) is 22.4 Å². The zero-order chi connectivity index (χ0) is 13.3. The Morgan fingerprint density at radius 2 is 2.22 bits per heavy atom. The number of thiophene rings is 1. The number of halogens is 1. The third-order valence-corrected chi connectivity index (χ3v) is 4.29. The minimum atomic E-state index is -0.185. The smallest absolute Gasteiger partial charge is 0.265 e. The van der Waals surface area contributed by atoms with Crippen molar-refractivity contribution in [1.29, 1.82) is 0 Å². The number of aryl methyl sites for hydroxylation is 2. The molecule has 0 unspecified atom stereocenters. The maximum absolute atomic E-state index is 11.8. The summed E-state index contributed by atoms with van der Waals surface area (Å²) in [6, 6.07) is 2.03. The lowest BCUT2D eigenvalue weighted by Crippen LogP contribution is -2.14. The van der Waals surface area contributed by atoms with Gasteiger partial charge < -0.3 is 9.72 Å². The third-order valence-electron chi connectivity index (χ3n) is 2.51. The number of nitrogens with one attached hydrogen (secondary N) is 1. The second-order valence-electron chi connectivity index (χ2n) is 3.94. The first-order valence-electron chi connectivity index (χ1n) is 5.38. The van der Waals surface area contributed by atoms with Crippen LogP contribution in [0.5, 0.6) is 0 Å². The van der Waals surface area contributed by atoms with Crippen LogP contribution in [0.1, 0.15) is 15.4 Å². The van der Waals surface area contributed by atoms with Crippen molar-refractivity contribution in [2.75, 3.05) is 7.11 Å². The molecule has 0 aromatic carbocycles. The summed E-state index contributed by atoms with van der Waals surface area (Å²) in [5.74, 6) is 0.595. The summed E-state index contributed by atoms with van der Waals surface area (Å²) in [6.07, 6.45) is 0. The van der Waals surface area contributed by atoms with Gasteiger partial charge in [0.05, 0.1) is 12.3 Å². The molecule has 0 radical (unpaired) electrons. The molecular weight excluding hydrogens is 316 g/mol. The lowest BCUT2D eigenvalue weighted by Gasteiger charge is -2.05. The topological polar surface area (TPSA) is 55.0 Å². The van der Waals surface area contributed by atoms with E-state index < -0.39 is 0 Å². The lowest BCUT2D eigenvalue weighted by atomic mass is 10.2. The average Bonchev–Trinajstić information content (AvgIpc) is 2.64. The van der Waals surface area contributed by atoms with Crippen molar-refractivity contribution < 1.29 is 4.74 Å². The fourth-order valence-electron chi connectivity index (χ4n) is 1.73. The van der Waals surface area contributed by atoms with Gasteiger partial charge in [-0.2, -0.15) is 0 Å². The van der Waals surface area contributed by atoms with E-state index in [0.29, 0.717) is 22.6 Å². The van der Waals surface area contributed by atoms with Gasteiger partial charge in [-0.3, -0.25) is 4.79 Å². The number of hydrogen-bond acceptors (Lipinski definition) is 4. The number of hydrogen-bond donors (Lipinski definition) is 1. The van der Waals surface area contributed by atoms with Gasteiger partial charge in [0.2, 0.25) is 0 Å². The Morgan fingerprint density at radius 1 is 1.50 bits per heavy atom. The van der Waals surface area contributed by atoms with Gasteiger partial charge in [-0.25, -0.2) is 4.98 Å². The molecule has 2 heterocycles. The normalized spacial score (nSPS) is 10.9. The van der Waals surface area contributed by atoms with Crippen LogP contribution in [0.15, 0.2) is 15.3 Å². The zero-order valence-corrected chi connectivity index (χ0v) is 12.7. The average molecular weight is 329 g/mol. The molecule has 2 rings (SSSR count). The molecule has 96 valence electrons. The quantitative estimate of drug-likeness (QED) is 0.942. The molecule has 0 aliphatic carbocycles. The second-order valence-corrected chi connectivity index (χ2v) is 6.19. The first-order chi connectivity index (χ1) is 8.52. The number of ether oxygens (including phenoxy) is 1. The van der Waals surface area contributed by atoms with E-state index in [2.05, 4.69) is 25.9 Å². The first kappa shape index (κ1) is 13.5. The van der Waals surface area contributed by atoms with Crippen molar-refractivity contribution in [1.82, 2.24) is 9.97 Å². The van der Waals surface area contributed by atoms with E-state index in [1.165, 1.54) is 4.88 Å². The maximum Gasteiger partial charge on any atom is 0.265 e. The molecule has 4 nitrogen and oxygen atoms in total. The molecule has 0 fully saturated rings. The Bertz CT molecular complexity index is 633. The number of aromatic nitrogens is 2. The molecule has 0 aliphatic rings. The molecular formula is C12H13BrN2O2S. The fraction of sp³-hybridized carbons (Fsp3) is 0.333. The van der Waals surface area contributed by atoms with Gasteiger partial charge in [-0.1, -0.05) is 0 Å². The molecule has 0 spiro atoms. The van der Waals surface area contributed by atoms with E-state index in [9.17, 15) is 4.79 Å². The molecule has 0 saturated carbocycles. The summed E-state index contributed by atoms with van der Waals surface area (Å²) < 4.78 is 5.48. The van der Waals surface area contributed by atoms with Crippen LogP contribution < -0.4 is 5.56 Å². The van der Waals surface area contributed by atoms with Gasteiger partial charge in [-0.15, -0.1) is 11.3 Å². The first-order valence-corrected chi connectivity index (χ1v) is 6.99. The minimum Gasteiger partial charge on any atom is -0.378 e. The molecule has 0 aliphatic heterocycles. The zero-order valence-electron chi connectivity index (χ0n) is 10.3. The van der Waals surface area contributed by atoms with Crippen LogP contribution in [-0.4, -0.2) is 17.1 Å². The van der Waals surface area contributed by atoms with Crippen LogP contribution in [0.25, 0.3) is 11.4 Å². The van der Waals surface area contributed by atoms with E-state index in [1.807, 2.05) is 19.9 Å². The van der Waals surface area contributed by atoms with Crippen LogP contribution >= 0.6 is 27.3 Å². The molecule has 0 atom stereocenters. The van der Waals surface area contributed by atoms with E-state index in [1.54, 1.807) is 18.4 Å². The van der Waals surface area contributed by atoms with E-state index in [-0.39, 0.29) is 5.56 Å². The van der Waals surface area contributed by atoms with Crippen molar-refractivity contribution in [3.8, 4) is 11.4 Å². The van der Waals surface area contributed by atoms with Crippen molar-refractivity contribution in [3.05, 3.63) is 36.3 Å². The SMILES string of the molecule is COCc1nc(-c2cc(C)sc2C)[nH]c(=O)c1Br. The second kappa shape index (κ2) is 5.34. The summed E-state index contributed by atoms with van der Waals surface area (Å²) in [6.45, 7) is 4.36. The van der Waals surface area contributed by atoms with Crippen molar-refractivity contribution in [2.45, 2.75) is 20.5 Å². The summed E-state index contributed by atoms with van der Waals surface area (Å²) in [5, 5.41) is 0. The monoisotopic (exact) mass is 328 g/mol. The van der Waals surface area contributed by atoms with Crippen LogP contribution in [0.3, 0.4) is 0 Å². The fourth-order valence-corrected chi connectivity index (χ4v) is 2.96. The molecule has 0 amide bonds. The van der Waals surface area contributed by atoms with Crippen LogP contribution in [0.2, 0.25) is 0 Å². The predicted octanol–water partition coefficient (Wildman–Crippen LogP) is 3.02. The standard InChI is InChI=1S/C12H13BrN2O2S/c1-6-4-8(7(2)18-6)11-14-9(5-17-3)10(13)12(16)15-11/h4H,5H2,1-3H3,(H,14,15,16). The Hall–Kier alpha value is -0.980. The number of aromatic amines is 1. The third kappa shape index (κ3) is 2.55. The molecule has 0 saturated heterocycles. The summed E-state index contributed by atoms with van der Waals surface area (Å²) in [5.41, 5.74) is 1.40. The highest BCUT2D eigenvalue weighted by Gasteiger charge is 2.13. The number of rotatable bonds is 3. The minimum absolute atomic E-state index is 0.185. The van der Waals surface area contributed by atoms with Crippen molar-refractivity contribution >= 4 is 27.3 Å². The molecule has 2 aromatic heterocycles. The highest BCUT2D eigenvalue weighted by atomic mass is 79.9. The van der Waals surface area contributed by atoms with Crippen LogP contribution in [-0.2, 0) is 11.3 Å². The molecule has 6 heteroatoms. The van der Waals surface area contributed by atoms with Gasteiger partial charge in [0.15, 0.2) is 0 Å². The van der Waals surface area contributed by atoms with Gasteiger partial charge in [-0.05, 0) is 35.8 Å². The van der Waals surface area contributed by atoms with E-state index in [4.69, 9.17) is 4.74 Å². The Kier molecular flexibility index (Phi) is 3.99. The lowest BCUT2D eigenvalue weighted by molar-refractivity contribution is 0.180. The molecule has 2 aromatic rings. The number of H-pyrrole nitrogens is 1. The molecule has 0 bridgehead atoms. The maximum atomic E-state index is 11.8. The van der Waals surface area contributed by atoms with Gasteiger partial charge >= 0.3 is 0 Å². The largest absolute Gasteiger partial charge is 0.378 e. The van der Waals surface area contributed by atoms with E-state index >= 15 is 0 Å². The molecule has 1 N–H and O–H groups in total. The summed E-state index contributed by atoms with van der Waals surface area (Å²) >= 11 is 4.92. The highest BCUT2D eigenvalue weighted by molar-refractivity contribution is 9.10. The number of nitrogens with zero attached hydrogens (tertiary/aromatic N) is 1. The summed E-state index contributed by atoms with van der Waals surface area (Å²) in [4.78, 5) is 21.4. The highest BCUT2D eigenvalue weighted by Crippen LogP contribution is 2.28. The van der Waals surface area contributed by atoms with Crippen LogP contribution in [0.4, 0.5) is 0 Å². The number of methoxy groups -OCH3 is 1. The van der Waals surface area contributed by atoms with Crippen molar-refractivity contribution in [2.24, 2.45) is 0 Å². The van der Waals surface area contributed by atoms with E-state index in [0.717, 1.165) is 10.4 Å². The van der Waals surface area contributed by atoms with Crippen molar-refractivity contribution in [3.63, 3.8) is 0 Å². The Labute approximate surface area is 117 Å². The van der Waals surface area contributed by atoms with Gasteiger partial charge in [0.1, 0.15) is 10.3 Å². The Balaban J connectivity index is 2.59. The Morgan fingerprint density at radius 3 is 2.78 bits per heavy atom. The summed E-state index contributed by atoms with van der Waals surface area (Å²) in [7, 11) is 1.58. The van der Waals surface area contributed by atoms with Gasteiger partial charge in [0.25, 0.3) is 5.56 Å².